The van der Waals surface area contributed by atoms with Crippen molar-refractivity contribution in [2.24, 2.45) is 0 Å². The Bertz CT molecular complexity index is 393. The van der Waals surface area contributed by atoms with Gasteiger partial charge in [-0.1, -0.05) is 6.07 Å². The summed E-state index contributed by atoms with van der Waals surface area (Å²) in [4.78, 5) is 12.9. The van der Waals surface area contributed by atoms with E-state index in [1.165, 1.54) is 6.07 Å². The van der Waals surface area contributed by atoms with Crippen molar-refractivity contribution in [2.75, 3.05) is 30.3 Å². The number of aliphatic hydroxyl groups is 1. The molecule has 1 rings (SSSR count). The normalized spacial score (nSPS) is 10.2. The van der Waals surface area contributed by atoms with Crippen molar-refractivity contribution in [1.82, 2.24) is 0 Å². The van der Waals surface area contributed by atoms with Crippen molar-refractivity contribution in [3.8, 4) is 0 Å². The SMILES string of the molecule is CCN(CCCO)c1cccc(C(=O)O)c1N. The molecule has 0 amide bonds. The third kappa shape index (κ3) is 3.10. The molecule has 0 saturated heterocycles. The number of carbonyl (C=O) groups is 1. The Kier molecular flexibility index (Phi) is 4.78. The van der Waals surface area contributed by atoms with Crippen molar-refractivity contribution in [3.63, 3.8) is 0 Å². The summed E-state index contributed by atoms with van der Waals surface area (Å²) in [5, 5.41) is 17.8. The quantitative estimate of drug-likeness (QED) is 0.648. The Morgan fingerprint density at radius 2 is 2.18 bits per heavy atom. The number of anilines is 2. The molecule has 0 aliphatic carbocycles. The second-order valence-corrected chi connectivity index (χ2v) is 3.70. The first kappa shape index (κ1) is 13.3. The van der Waals surface area contributed by atoms with Crippen LogP contribution in [0.4, 0.5) is 11.4 Å². The van der Waals surface area contributed by atoms with E-state index in [-0.39, 0.29) is 17.9 Å². The van der Waals surface area contributed by atoms with Gasteiger partial charge in [0.15, 0.2) is 0 Å². The topological polar surface area (TPSA) is 86.8 Å². The summed E-state index contributed by atoms with van der Waals surface area (Å²) < 4.78 is 0. The van der Waals surface area contributed by atoms with Crippen LogP contribution in [-0.4, -0.2) is 35.9 Å². The highest BCUT2D eigenvalue weighted by Gasteiger charge is 2.14. The lowest BCUT2D eigenvalue weighted by Gasteiger charge is -2.24. The number of nitrogens with zero attached hydrogens (tertiary/aromatic N) is 1. The summed E-state index contributed by atoms with van der Waals surface area (Å²) in [5.74, 6) is -1.03. The first-order valence-corrected chi connectivity index (χ1v) is 5.59. The van der Waals surface area contributed by atoms with E-state index in [1.54, 1.807) is 12.1 Å². The van der Waals surface area contributed by atoms with Crippen LogP contribution in [0.5, 0.6) is 0 Å². The van der Waals surface area contributed by atoms with Crippen LogP contribution in [0.15, 0.2) is 18.2 Å². The number of rotatable bonds is 6. The smallest absolute Gasteiger partial charge is 0.337 e. The molecule has 0 aromatic heterocycles. The monoisotopic (exact) mass is 238 g/mol. The van der Waals surface area contributed by atoms with Crippen LogP contribution >= 0.6 is 0 Å². The van der Waals surface area contributed by atoms with E-state index in [4.69, 9.17) is 15.9 Å². The van der Waals surface area contributed by atoms with E-state index in [0.29, 0.717) is 25.2 Å². The molecule has 4 N–H and O–H groups in total. The Morgan fingerprint density at radius 1 is 1.47 bits per heavy atom. The maximum Gasteiger partial charge on any atom is 0.337 e. The zero-order valence-corrected chi connectivity index (χ0v) is 9.89. The number of nitrogens with two attached hydrogens (primary N) is 1. The van der Waals surface area contributed by atoms with Gasteiger partial charge in [-0.05, 0) is 25.5 Å². The molecule has 1 aromatic carbocycles. The van der Waals surface area contributed by atoms with Crippen molar-refractivity contribution >= 4 is 17.3 Å². The fourth-order valence-corrected chi connectivity index (χ4v) is 1.73. The van der Waals surface area contributed by atoms with E-state index in [1.807, 2.05) is 11.8 Å². The molecule has 0 saturated carbocycles. The highest BCUT2D eigenvalue weighted by molar-refractivity contribution is 5.97. The second kappa shape index (κ2) is 6.10. The standard InChI is InChI=1S/C12H18N2O3/c1-2-14(7-4-8-15)10-6-3-5-9(11(10)13)12(16)17/h3,5-6,15H,2,4,7-8,13H2,1H3,(H,16,17). The summed E-state index contributed by atoms with van der Waals surface area (Å²) in [6, 6.07) is 4.96. The summed E-state index contributed by atoms with van der Waals surface area (Å²) in [6.45, 7) is 3.44. The Hall–Kier alpha value is -1.75. The van der Waals surface area contributed by atoms with Crippen molar-refractivity contribution in [2.45, 2.75) is 13.3 Å². The van der Waals surface area contributed by atoms with E-state index >= 15 is 0 Å². The van der Waals surface area contributed by atoms with E-state index in [2.05, 4.69) is 0 Å². The van der Waals surface area contributed by atoms with Gasteiger partial charge in [-0.3, -0.25) is 0 Å². The molecule has 0 aliphatic heterocycles. The van der Waals surface area contributed by atoms with Gasteiger partial charge in [0.2, 0.25) is 0 Å². The van der Waals surface area contributed by atoms with E-state index < -0.39 is 5.97 Å². The highest BCUT2D eigenvalue weighted by atomic mass is 16.4. The maximum absolute atomic E-state index is 11.0. The van der Waals surface area contributed by atoms with Crippen LogP contribution in [0.3, 0.4) is 0 Å². The second-order valence-electron chi connectivity index (χ2n) is 3.70. The minimum atomic E-state index is -1.03. The molecule has 0 bridgehead atoms. The molecule has 0 spiro atoms. The van der Waals surface area contributed by atoms with Crippen molar-refractivity contribution < 1.29 is 15.0 Å². The minimum absolute atomic E-state index is 0.106. The molecule has 5 heteroatoms. The maximum atomic E-state index is 11.0. The van der Waals surface area contributed by atoms with Crippen molar-refractivity contribution in [1.29, 1.82) is 0 Å². The molecular weight excluding hydrogens is 220 g/mol. The average molecular weight is 238 g/mol. The summed E-state index contributed by atoms with van der Waals surface area (Å²) in [5.41, 5.74) is 6.95. The molecule has 94 valence electrons. The number of benzene rings is 1. The van der Waals surface area contributed by atoms with Gasteiger partial charge in [0.1, 0.15) is 0 Å². The summed E-state index contributed by atoms with van der Waals surface area (Å²) in [7, 11) is 0. The van der Waals surface area contributed by atoms with Gasteiger partial charge in [-0.15, -0.1) is 0 Å². The van der Waals surface area contributed by atoms with Crippen LogP contribution in [0, 0.1) is 0 Å². The molecule has 0 unspecified atom stereocenters. The lowest BCUT2D eigenvalue weighted by atomic mass is 10.1. The van der Waals surface area contributed by atoms with Crippen LogP contribution in [-0.2, 0) is 0 Å². The molecule has 0 aliphatic rings. The number of hydrogen-bond donors (Lipinski definition) is 3. The Labute approximate surface area is 100 Å². The lowest BCUT2D eigenvalue weighted by Crippen LogP contribution is -2.26. The third-order valence-electron chi connectivity index (χ3n) is 2.62. The van der Waals surface area contributed by atoms with Crippen LogP contribution in [0.2, 0.25) is 0 Å². The fourth-order valence-electron chi connectivity index (χ4n) is 1.73. The Balaban J connectivity index is 3.03. The van der Waals surface area contributed by atoms with Gasteiger partial charge < -0.3 is 20.8 Å². The van der Waals surface area contributed by atoms with Crippen LogP contribution in [0.1, 0.15) is 23.7 Å². The van der Waals surface area contributed by atoms with Gasteiger partial charge >= 0.3 is 5.97 Å². The predicted molar refractivity (Wildman–Crippen MR) is 67.4 cm³/mol. The zero-order chi connectivity index (χ0) is 12.8. The number of carboxylic acids is 1. The predicted octanol–water partition coefficient (Wildman–Crippen LogP) is 1.18. The number of hydrogen-bond acceptors (Lipinski definition) is 4. The zero-order valence-electron chi connectivity index (χ0n) is 9.89. The minimum Gasteiger partial charge on any atom is -0.478 e. The summed E-state index contributed by atoms with van der Waals surface area (Å²) >= 11 is 0. The van der Waals surface area contributed by atoms with Crippen LogP contribution < -0.4 is 10.6 Å². The van der Waals surface area contributed by atoms with E-state index in [9.17, 15) is 4.79 Å². The highest BCUT2D eigenvalue weighted by Crippen LogP contribution is 2.26. The Morgan fingerprint density at radius 3 is 2.71 bits per heavy atom. The average Bonchev–Trinajstić information content (AvgIpc) is 2.31. The van der Waals surface area contributed by atoms with Gasteiger partial charge in [0, 0.05) is 19.7 Å². The third-order valence-corrected chi connectivity index (χ3v) is 2.62. The molecule has 0 atom stereocenters. The van der Waals surface area contributed by atoms with Gasteiger partial charge in [-0.25, -0.2) is 4.79 Å². The van der Waals surface area contributed by atoms with Crippen LogP contribution in [0.25, 0.3) is 0 Å². The number of aromatic carboxylic acids is 1. The number of aliphatic hydroxyl groups excluding tert-OH is 1. The molecule has 17 heavy (non-hydrogen) atoms. The molecule has 5 nitrogen and oxygen atoms in total. The van der Waals surface area contributed by atoms with Crippen molar-refractivity contribution in [3.05, 3.63) is 23.8 Å². The van der Waals surface area contributed by atoms with E-state index in [0.717, 1.165) is 0 Å². The first-order chi connectivity index (χ1) is 8.11. The van der Waals surface area contributed by atoms with Gasteiger partial charge in [-0.2, -0.15) is 0 Å². The van der Waals surface area contributed by atoms with Gasteiger partial charge in [0.05, 0.1) is 16.9 Å². The molecule has 0 heterocycles. The fraction of sp³-hybridized carbons (Fsp3) is 0.417. The number of nitrogen functional groups attached to an aromatic ring is 1. The lowest BCUT2D eigenvalue weighted by molar-refractivity contribution is 0.0698. The first-order valence-electron chi connectivity index (χ1n) is 5.59. The largest absolute Gasteiger partial charge is 0.478 e. The summed E-state index contributed by atoms with van der Waals surface area (Å²) in [6.07, 6.45) is 0.630. The molecule has 1 aromatic rings. The molecule has 0 radical (unpaired) electrons. The number of carboxylic acid groups (broad SMARTS) is 1. The number of para-hydroxylation sites is 1. The molecule has 0 fully saturated rings. The van der Waals surface area contributed by atoms with Gasteiger partial charge in [0.25, 0.3) is 0 Å². The molecular formula is C12H18N2O3.